The van der Waals surface area contributed by atoms with Crippen molar-refractivity contribution in [1.29, 1.82) is 0 Å². The number of benzene rings is 1. The molecule has 20 heavy (non-hydrogen) atoms. The number of piperidine rings is 1. The minimum Gasteiger partial charge on any atom is -0.382 e. The molecule has 0 radical (unpaired) electrons. The van der Waals surface area contributed by atoms with Crippen LogP contribution in [0.25, 0.3) is 11.1 Å². The van der Waals surface area contributed by atoms with Gasteiger partial charge in [0.05, 0.1) is 5.56 Å². The highest BCUT2D eigenvalue weighted by molar-refractivity contribution is 7.11. The van der Waals surface area contributed by atoms with Crippen molar-refractivity contribution >= 4 is 22.4 Å². The van der Waals surface area contributed by atoms with E-state index in [2.05, 4.69) is 33.8 Å². The molecule has 1 aliphatic rings. The molecule has 106 valence electrons. The first kappa shape index (κ1) is 13.4. The second kappa shape index (κ2) is 5.81. The summed E-state index contributed by atoms with van der Waals surface area (Å²) in [5.41, 5.74) is 8.24. The van der Waals surface area contributed by atoms with E-state index in [1.807, 2.05) is 18.2 Å². The van der Waals surface area contributed by atoms with Crippen molar-refractivity contribution in [2.75, 3.05) is 31.2 Å². The van der Waals surface area contributed by atoms with Gasteiger partial charge in [-0.05, 0) is 50.1 Å². The quantitative estimate of drug-likeness (QED) is 0.912. The van der Waals surface area contributed by atoms with Crippen molar-refractivity contribution in [1.82, 2.24) is 9.27 Å². The van der Waals surface area contributed by atoms with Gasteiger partial charge in [0.1, 0.15) is 10.8 Å². The SMILES string of the molecule is CN1CCC(Nc2snc(N)c2-c2ccccc2)CC1. The van der Waals surface area contributed by atoms with E-state index in [0.717, 1.165) is 29.2 Å². The number of nitrogen functional groups attached to an aromatic ring is 1. The lowest BCUT2D eigenvalue weighted by Gasteiger charge is -2.29. The minimum absolute atomic E-state index is 0.522. The molecule has 0 atom stereocenters. The van der Waals surface area contributed by atoms with Crippen LogP contribution in [0.1, 0.15) is 12.8 Å². The molecule has 2 heterocycles. The third kappa shape index (κ3) is 2.78. The van der Waals surface area contributed by atoms with E-state index in [4.69, 9.17) is 5.73 Å². The van der Waals surface area contributed by atoms with Gasteiger partial charge >= 0.3 is 0 Å². The van der Waals surface area contributed by atoms with E-state index >= 15 is 0 Å². The number of nitrogens with one attached hydrogen (secondary N) is 1. The monoisotopic (exact) mass is 288 g/mol. The molecule has 0 amide bonds. The molecule has 1 aliphatic heterocycles. The Kier molecular flexibility index (Phi) is 3.89. The van der Waals surface area contributed by atoms with Gasteiger partial charge in [-0.2, -0.15) is 4.37 Å². The Balaban J connectivity index is 1.81. The molecule has 0 aliphatic carbocycles. The highest BCUT2D eigenvalue weighted by Crippen LogP contribution is 2.37. The highest BCUT2D eigenvalue weighted by atomic mass is 32.1. The van der Waals surface area contributed by atoms with Gasteiger partial charge in [-0.15, -0.1) is 0 Å². The van der Waals surface area contributed by atoms with Crippen molar-refractivity contribution < 1.29 is 0 Å². The van der Waals surface area contributed by atoms with Crippen molar-refractivity contribution in [2.45, 2.75) is 18.9 Å². The second-order valence-electron chi connectivity index (χ2n) is 5.36. The van der Waals surface area contributed by atoms with Crippen molar-refractivity contribution in [3.63, 3.8) is 0 Å². The fourth-order valence-electron chi connectivity index (χ4n) is 2.62. The summed E-state index contributed by atoms with van der Waals surface area (Å²) >= 11 is 1.47. The number of nitrogens with two attached hydrogens (primary N) is 1. The summed E-state index contributed by atoms with van der Waals surface area (Å²) in [6, 6.07) is 10.8. The second-order valence-corrected chi connectivity index (χ2v) is 6.13. The largest absolute Gasteiger partial charge is 0.382 e. The van der Waals surface area contributed by atoms with Crippen LogP contribution < -0.4 is 11.1 Å². The topological polar surface area (TPSA) is 54.2 Å². The lowest BCUT2D eigenvalue weighted by atomic mass is 10.0. The maximum Gasteiger partial charge on any atom is 0.147 e. The molecule has 3 rings (SSSR count). The molecule has 4 nitrogen and oxygen atoms in total. The summed E-state index contributed by atoms with van der Waals surface area (Å²) in [4.78, 5) is 2.37. The molecule has 1 aromatic heterocycles. The number of hydrogen-bond donors (Lipinski definition) is 2. The number of rotatable bonds is 3. The van der Waals surface area contributed by atoms with Crippen LogP contribution in [0, 0.1) is 0 Å². The Morgan fingerprint density at radius 2 is 1.95 bits per heavy atom. The first-order chi connectivity index (χ1) is 9.74. The van der Waals surface area contributed by atoms with E-state index < -0.39 is 0 Å². The molecule has 0 spiro atoms. The summed E-state index contributed by atoms with van der Waals surface area (Å²) in [6.07, 6.45) is 2.34. The van der Waals surface area contributed by atoms with E-state index in [9.17, 15) is 0 Å². The number of anilines is 2. The predicted molar refractivity (Wildman–Crippen MR) is 86.1 cm³/mol. The van der Waals surface area contributed by atoms with Gasteiger partial charge in [0.2, 0.25) is 0 Å². The zero-order valence-electron chi connectivity index (χ0n) is 11.7. The zero-order valence-corrected chi connectivity index (χ0v) is 12.5. The van der Waals surface area contributed by atoms with Gasteiger partial charge in [-0.3, -0.25) is 0 Å². The van der Waals surface area contributed by atoms with Crippen molar-refractivity contribution in [3.05, 3.63) is 30.3 Å². The normalized spacial score (nSPS) is 17.2. The Hall–Kier alpha value is -1.59. The summed E-state index contributed by atoms with van der Waals surface area (Å²) in [5.74, 6) is 0.622. The number of hydrogen-bond acceptors (Lipinski definition) is 5. The standard InChI is InChI=1S/C15H20N4S/c1-19-9-7-12(8-10-19)17-15-13(14(16)18-20-15)11-5-3-2-4-6-11/h2-6,12,17H,7-10H2,1H3,(H2,16,18). The minimum atomic E-state index is 0.522. The smallest absolute Gasteiger partial charge is 0.147 e. The predicted octanol–water partition coefficient (Wildman–Crippen LogP) is 2.90. The fraction of sp³-hybridized carbons (Fsp3) is 0.400. The van der Waals surface area contributed by atoms with Gasteiger partial charge in [0.15, 0.2) is 0 Å². The fourth-order valence-corrected chi connectivity index (χ4v) is 3.44. The van der Waals surface area contributed by atoms with Crippen molar-refractivity contribution in [2.24, 2.45) is 0 Å². The molecule has 1 fully saturated rings. The van der Waals surface area contributed by atoms with Crippen LogP contribution >= 0.6 is 11.5 Å². The van der Waals surface area contributed by atoms with E-state index in [1.54, 1.807) is 0 Å². The van der Waals surface area contributed by atoms with E-state index in [0.29, 0.717) is 11.9 Å². The molecule has 2 aromatic rings. The van der Waals surface area contributed by atoms with Crippen LogP contribution in [0.3, 0.4) is 0 Å². The molecule has 3 N–H and O–H groups in total. The third-order valence-electron chi connectivity index (χ3n) is 3.83. The van der Waals surface area contributed by atoms with Crippen LogP contribution in [0.15, 0.2) is 30.3 Å². The molecule has 0 unspecified atom stereocenters. The van der Waals surface area contributed by atoms with Crippen LogP contribution in [0.2, 0.25) is 0 Å². The lowest BCUT2D eigenvalue weighted by molar-refractivity contribution is 0.264. The van der Waals surface area contributed by atoms with Gasteiger partial charge in [0, 0.05) is 6.04 Å². The summed E-state index contributed by atoms with van der Waals surface area (Å²) in [6.45, 7) is 2.29. The van der Waals surface area contributed by atoms with Gasteiger partial charge < -0.3 is 16.0 Å². The van der Waals surface area contributed by atoms with Crippen LogP contribution in [0.5, 0.6) is 0 Å². The van der Waals surface area contributed by atoms with Crippen molar-refractivity contribution in [3.8, 4) is 11.1 Å². The average molecular weight is 288 g/mol. The van der Waals surface area contributed by atoms with Gasteiger partial charge in [0.25, 0.3) is 0 Å². The molecular formula is C15H20N4S. The Labute approximate surface area is 123 Å². The maximum absolute atomic E-state index is 6.05. The summed E-state index contributed by atoms with van der Waals surface area (Å²) in [5, 5.41) is 4.74. The molecule has 1 aromatic carbocycles. The van der Waals surface area contributed by atoms with Crippen LogP contribution in [-0.4, -0.2) is 35.5 Å². The molecule has 5 heteroatoms. The Bertz CT molecular complexity index is 559. The van der Waals surface area contributed by atoms with E-state index in [-0.39, 0.29) is 0 Å². The number of nitrogens with zero attached hydrogens (tertiary/aromatic N) is 2. The summed E-state index contributed by atoms with van der Waals surface area (Å²) < 4.78 is 4.32. The molecule has 1 saturated heterocycles. The Morgan fingerprint density at radius 3 is 2.65 bits per heavy atom. The van der Waals surface area contributed by atoms with Gasteiger partial charge in [-0.1, -0.05) is 30.3 Å². The zero-order chi connectivity index (χ0) is 13.9. The highest BCUT2D eigenvalue weighted by Gasteiger charge is 2.20. The third-order valence-corrected chi connectivity index (χ3v) is 4.63. The lowest BCUT2D eigenvalue weighted by Crippen LogP contribution is -2.36. The molecule has 0 saturated carbocycles. The van der Waals surface area contributed by atoms with E-state index in [1.165, 1.54) is 24.4 Å². The first-order valence-electron chi connectivity index (χ1n) is 6.99. The van der Waals surface area contributed by atoms with Gasteiger partial charge in [-0.25, -0.2) is 0 Å². The number of aromatic nitrogens is 1. The first-order valence-corrected chi connectivity index (χ1v) is 7.77. The molecular weight excluding hydrogens is 268 g/mol. The Morgan fingerprint density at radius 1 is 1.25 bits per heavy atom. The van der Waals surface area contributed by atoms with Crippen LogP contribution in [-0.2, 0) is 0 Å². The van der Waals surface area contributed by atoms with Crippen LogP contribution in [0.4, 0.5) is 10.8 Å². The maximum atomic E-state index is 6.05. The molecule has 0 bridgehead atoms. The summed E-state index contributed by atoms with van der Waals surface area (Å²) in [7, 11) is 2.18. The number of likely N-dealkylation sites (tertiary alicyclic amines) is 1. The average Bonchev–Trinajstić information content (AvgIpc) is 2.83.